The molecule has 45 heavy (non-hydrogen) atoms. The number of aliphatic hydroxyl groups excluding tert-OH is 1. The Labute approximate surface area is 267 Å². The van der Waals surface area contributed by atoms with E-state index in [4.69, 9.17) is 25.7 Å². The number of ether oxygens (including phenoxy) is 1. The fourth-order valence-electron chi connectivity index (χ4n) is 7.42. The van der Waals surface area contributed by atoms with Crippen LogP contribution in [0, 0.1) is 12.8 Å². The Morgan fingerprint density at radius 3 is 2.56 bits per heavy atom. The molecule has 0 bridgehead atoms. The predicted molar refractivity (Wildman–Crippen MR) is 170 cm³/mol. The maximum absolute atomic E-state index is 13.4. The molecular formula is C34H37ClN6O4. The van der Waals surface area contributed by atoms with E-state index in [2.05, 4.69) is 27.1 Å². The van der Waals surface area contributed by atoms with E-state index in [-0.39, 0.29) is 18.1 Å². The van der Waals surface area contributed by atoms with Gasteiger partial charge in [-0.1, -0.05) is 35.9 Å². The molecule has 1 amide bonds. The fraction of sp³-hybridized carbons (Fsp3) is 0.441. The molecule has 5 heterocycles. The summed E-state index contributed by atoms with van der Waals surface area (Å²) in [5, 5.41) is 13.4. The average Bonchev–Trinajstić information content (AvgIpc) is 3.52. The molecule has 1 saturated carbocycles. The molecular weight excluding hydrogens is 592 g/mol. The van der Waals surface area contributed by atoms with Crippen molar-refractivity contribution in [3.05, 3.63) is 75.7 Å². The maximum Gasteiger partial charge on any atom is 0.291 e. The van der Waals surface area contributed by atoms with Crippen molar-refractivity contribution in [1.29, 1.82) is 0 Å². The van der Waals surface area contributed by atoms with Crippen molar-refractivity contribution < 1.29 is 19.1 Å². The molecule has 10 nitrogen and oxygen atoms in total. The van der Waals surface area contributed by atoms with Crippen LogP contribution >= 0.6 is 11.6 Å². The minimum atomic E-state index is -0.286. The van der Waals surface area contributed by atoms with E-state index in [1.54, 1.807) is 0 Å². The highest BCUT2D eigenvalue weighted by molar-refractivity contribution is 6.36. The monoisotopic (exact) mass is 628 g/mol. The lowest BCUT2D eigenvalue weighted by molar-refractivity contribution is -0.0194. The van der Waals surface area contributed by atoms with Gasteiger partial charge in [0.15, 0.2) is 5.82 Å². The second kappa shape index (κ2) is 11.1. The number of aliphatic hydroxyl groups is 1. The number of anilines is 1. The summed E-state index contributed by atoms with van der Waals surface area (Å²) in [5.74, 6) is 2.04. The largest absolute Gasteiger partial charge is 0.439 e. The number of amides is 1. The Balaban J connectivity index is 1.03. The van der Waals surface area contributed by atoms with Crippen LogP contribution in [0.4, 0.5) is 5.69 Å². The first-order valence-electron chi connectivity index (χ1n) is 15.7. The standard InChI is InChI=1S/C34H37ClN6O4/c1-18-21(23-8-5-9-24(30(23)35)37-33(43)32-36-25-14-39(2)11-10-27(25)40(32)3)6-4-7-22(18)34-38-26-15-41(16-28(26)45-34)31(29-17-44-29)19-12-20(42)13-19/h4-9,19-20,29,31,42H,10-17H2,1-3H3,(H,37,43). The summed E-state index contributed by atoms with van der Waals surface area (Å²) in [6, 6.07) is 12.0. The van der Waals surface area contributed by atoms with Gasteiger partial charge in [-0.2, -0.15) is 0 Å². The average molecular weight is 629 g/mol. The number of oxazole rings is 1. The zero-order valence-corrected chi connectivity index (χ0v) is 26.5. The Bertz CT molecular complexity index is 1780. The molecule has 2 unspecified atom stereocenters. The molecule has 3 aliphatic heterocycles. The van der Waals surface area contributed by atoms with Crippen molar-refractivity contribution in [1.82, 2.24) is 24.3 Å². The van der Waals surface area contributed by atoms with Crippen molar-refractivity contribution in [2.24, 2.45) is 13.0 Å². The molecule has 0 radical (unpaired) electrons. The van der Waals surface area contributed by atoms with Crippen molar-refractivity contribution in [3.63, 3.8) is 0 Å². The minimum Gasteiger partial charge on any atom is -0.439 e. The molecule has 0 spiro atoms. The van der Waals surface area contributed by atoms with Gasteiger partial charge in [-0.15, -0.1) is 0 Å². The van der Waals surface area contributed by atoms with Crippen LogP contribution in [0.5, 0.6) is 0 Å². The highest BCUT2D eigenvalue weighted by Gasteiger charge is 2.48. The number of nitrogens with zero attached hydrogens (tertiary/aromatic N) is 5. The Hall–Kier alpha value is -3.54. The van der Waals surface area contributed by atoms with E-state index in [0.717, 1.165) is 90.6 Å². The summed E-state index contributed by atoms with van der Waals surface area (Å²) in [5.41, 5.74) is 7.21. The summed E-state index contributed by atoms with van der Waals surface area (Å²) in [6.07, 6.45) is 2.59. The number of halogens is 1. The minimum absolute atomic E-state index is 0.186. The third-order valence-electron chi connectivity index (χ3n) is 10.0. The Morgan fingerprint density at radius 2 is 1.80 bits per heavy atom. The van der Waals surface area contributed by atoms with Gasteiger partial charge in [0.25, 0.3) is 5.91 Å². The number of rotatable bonds is 7. The number of benzene rings is 2. The van der Waals surface area contributed by atoms with E-state index in [0.29, 0.717) is 40.9 Å². The number of aromatic nitrogens is 3. The SMILES string of the molecule is Cc1c(-c2nc3c(o2)CN(C(C2CC(O)C2)C2CO2)C3)cccc1-c1cccc(NC(=O)c2nc3c(n2C)CCN(C)C3)c1Cl. The van der Waals surface area contributed by atoms with Gasteiger partial charge in [-0.25, -0.2) is 9.97 Å². The topological polar surface area (TPSA) is 112 Å². The number of epoxide rings is 1. The number of carbonyl (C=O) groups is 1. The number of likely N-dealkylation sites (N-methyl/N-ethyl adjacent to an activating group) is 1. The lowest BCUT2D eigenvalue weighted by Gasteiger charge is -2.41. The van der Waals surface area contributed by atoms with Crippen LogP contribution in [0.25, 0.3) is 22.6 Å². The van der Waals surface area contributed by atoms with Crippen LogP contribution in [0.3, 0.4) is 0 Å². The van der Waals surface area contributed by atoms with Gasteiger partial charge in [-0.05, 0) is 56.0 Å². The second-order valence-electron chi connectivity index (χ2n) is 13.0. The van der Waals surface area contributed by atoms with Crippen molar-refractivity contribution >= 4 is 23.2 Å². The van der Waals surface area contributed by atoms with E-state index in [1.165, 1.54) is 0 Å². The van der Waals surface area contributed by atoms with E-state index in [9.17, 15) is 9.90 Å². The van der Waals surface area contributed by atoms with Crippen molar-refractivity contribution in [3.8, 4) is 22.6 Å². The fourth-order valence-corrected chi connectivity index (χ4v) is 7.70. The molecule has 11 heteroatoms. The van der Waals surface area contributed by atoms with Crippen LogP contribution < -0.4 is 5.32 Å². The zero-order chi connectivity index (χ0) is 31.0. The normalized spacial score (nSPS) is 23.4. The number of carbonyl (C=O) groups excluding carboxylic acids is 1. The molecule has 2 N–H and O–H groups in total. The molecule has 234 valence electrons. The summed E-state index contributed by atoms with van der Waals surface area (Å²) < 4.78 is 14.0. The van der Waals surface area contributed by atoms with Crippen LogP contribution in [0.15, 0.2) is 40.8 Å². The van der Waals surface area contributed by atoms with E-state index in [1.807, 2.05) is 54.9 Å². The Kier molecular flexibility index (Phi) is 7.11. The zero-order valence-electron chi connectivity index (χ0n) is 25.7. The van der Waals surface area contributed by atoms with Crippen molar-refractivity contribution in [2.75, 3.05) is 25.5 Å². The van der Waals surface area contributed by atoms with Gasteiger partial charge in [0.1, 0.15) is 5.76 Å². The van der Waals surface area contributed by atoms with Gasteiger partial charge in [0, 0.05) is 56.0 Å². The molecule has 2 aromatic heterocycles. The Morgan fingerprint density at radius 1 is 1.04 bits per heavy atom. The molecule has 2 atom stereocenters. The second-order valence-corrected chi connectivity index (χ2v) is 13.4. The first-order valence-corrected chi connectivity index (χ1v) is 16.1. The van der Waals surface area contributed by atoms with Gasteiger partial charge < -0.3 is 29.0 Å². The molecule has 1 saturated heterocycles. The van der Waals surface area contributed by atoms with Crippen LogP contribution in [0.1, 0.15) is 51.9 Å². The summed E-state index contributed by atoms with van der Waals surface area (Å²) in [4.78, 5) is 27.6. The third-order valence-corrected chi connectivity index (χ3v) is 10.4. The molecule has 4 aromatic rings. The smallest absolute Gasteiger partial charge is 0.291 e. The lowest BCUT2D eigenvalue weighted by atomic mass is 9.75. The van der Waals surface area contributed by atoms with Crippen molar-refractivity contribution in [2.45, 2.75) is 64.1 Å². The van der Waals surface area contributed by atoms with E-state index >= 15 is 0 Å². The van der Waals surface area contributed by atoms with Gasteiger partial charge in [0.05, 0.1) is 47.5 Å². The number of nitrogens with one attached hydrogen (secondary N) is 1. The molecule has 8 rings (SSSR count). The quantitative estimate of drug-likeness (QED) is 0.281. The van der Waals surface area contributed by atoms with Gasteiger partial charge >= 0.3 is 0 Å². The van der Waals surface area contributed by atoms with Crippen LogP contribution in [-0.4, -0.2) is 73.8 Å². The maximum atomic E-state index is 13.4. The third kappa shape index (κ3) is 5.09. The van der Waals surface area contributed by atoms with Crippen LogP contribution in [-0.2, 0) is 37.8 Å². The lowest BCUT2D eigenvalue weighted by Crippen LogP contribution is -2.48. The highest BCUT2D eigenvalue weighted by Crippen LogP contribution is 2.43. The summed E-state index contributed by atoms with van der Waals surface area (Å²) >= 11 is 6.97. The first kappa shape index (κ1) is 28.9. The highest BCUT2D eigenvalue weighted by atomic mass is 35.5. The van der Waals surface area contributed by atoms with Crippen LogP contribution in [0.2, 0.25) is 5.02 Å². The number of fused-ring (bicyclic) bond motifs is 2. The van der Waals surface area contributed by atoms with E-state index < -0.39 is 0 Å². The van der Waals surface area contributed by atoms with Gasteiger partial charge in [-0.3, -0.25) is 9.69 Å². The summed E-state index contributed by atoms with van der Waals surface area (Å²) in [7, 11) is 3.96. The molecule has 4 aliphatic rings. The predicted octanol–water partition coefficient (Wildman–Crippen LogP) is 4.80. The summed E-state index contributed by atoms with van der Waals surface area (Å²) in [6.45, 7) is 5.92. The first-order chi connectivity index (χ1) is 21.7. The molecule has 1 aliphatic carbocycles. The molecule has 2 aromatic carbocycles. The molecule has 2 fully saturated rings. The number of hydrogen-bond donors (Lipinski definition) is 2. The number of imidazole rings is 1. The van der Waals surface area contributed by atoms with Gasteiger partial charge in [0.2, 0.25) is 5.89 Å². The number of hydrogen-bond acceptors (Lipinski definition) is 8.